The minimum Gasteiger partial charge on any atom is -0.392 e. The van der Waals surface area contributed by atoms with Crippen LogP contribution in [0.2, 0.25) is 0 Å². The first-order valence-corrected chi connectivity index (χ1v) is 6.51. The quantitative estimate of drug-likeness (QED) is 0.785. The first kappa shape index (κ1) is 12.8. The molecule has 1 atom stereocenters. The van der Waals surface area contributed by atoms with E-state index in [9.17, 15) is 4.79 Å². The van der Waals surface area contributed by atoms with E-state index >= 15 is 0 Å². The lowest BCUT2D eigenvalue weighted by atomic mass is 10.2. The Balaban J connectivity index is 2.08. The summed E-state index contributed by atoms with van der Waals surface area (Å²) in [6.45, 7) is 3.80. The number of aromatic nitrogens is 2. The predicted molar refractivity (Wildman–Crippen MR) is 70.7 cm³/mol. The van der Waals surface area contributed by atoms with E-state index < -0.39 is 6.10 Å². The number of rotatable bonds is 4. The van der Waals surface area contributed by atoms with Gasteiger partial charge in [0.25, 0.3) is 5.91 Å². The molecule has 18 heavy (non-hydrogen) atoms. The minimum absolute atomic E-state index is 0.228. The van der Waals surface area contributed by atoms with E-state index in [0.717, 1.165) is 16.3 Å². The summed E-state index contributed by atoms with van der Waals surface area (Å²) in [5.74, 6) is -0.228. The highest BCUT2D eigenvalue weighted by molar-refractivity contribution is 7.09. The van der Waals surface area contributed by atoms with E-state index in [0.29, 0.717) is 5.69 Å². The largest absolute Gasteiger partial charge is 0.392 e. The van der Waals surface area contributed by atoms with Gasteiger partial charge in [-0.05, 0) is 19.9 Å². The summed E-state index contributed by atoms with van der Waals surface area (Å²) in [5, 5.41) is 14.7. The molecule has 0 bridgehead atoms. The Hall–Kier alpha value is -1.66. The van der Waals surface area contributed by atoms with E-state index in [1.807, 2.05) is 12.3 Å². The lowest BCUT2D eigenvalue weighted by molar-refractivity contribution is 0.0919. The molecule has 0 fully saturated rings. The zero-order valence-corrected chi connectivity index (χ0v) is 11.0. The number of hydrogen-bond donors (Lipinski definition) is 3. The van der Waals surface area contributed by atoms with Crippen molar-refractivity contribution in [1.29, 1.82) is 0 Å². The third kappa shape index (κ3) is 2.96. The number of carbonyl (C=O) groups excluding carboxylic acids is 1. The molecule has 0 saturated carbocycles. The van der Waals surface area contributed by atoms with Crippen molar-refractivity contribution in [2.45, 2.75) is 20.0 Å². The van der Waals surface area contributed by atoms with Gasteiger partial charge in [0.15, 0.2) is 0 Å². The second-order valence-electron chi connectivity index (χ2n) is 4.11. The number of aliphatic hydroxyl groups is 1. The van der Waals surface area contributed by atoms with Crippen molar-refractivity contribution in [3.05, 3.63) is 28.3 Å². The fourth-order valence-corrected chi connectivity index (χ4v) is 2.13. The van der Waals surface area contributed by atoms with Crippen molar-refractivity contribution in [1.82, 2.24) is 15.3 Å². The van der Waals surface area contributed by atoms with Crippen LogP contribution in [0.15, 0.2) is 17.6 Å². The number of hydrogen-bond acceptors (Lipinski definition) is 4. The second-order valence-corrected chi connectivity index (χ2v) is 5.18. The van der Waals surface area contributed by atoms with Crippen molar-refractivity contribution >= 4 is 17.2 Å². The molecule has 0 spiro atoms. The standard InChI is InChI=1S/C12H15N3O2S/c1-7(16)4-14-12(17)10-3-9(5-13-10)11-6-18-8(2)15-11/h3,5-7,13,16H,4H2,1-2H3,(H,14,17)/t7-/m0/s1. The highest BCUT2D eigenvalue weighted by Gasteiger charge is 2.11. The molecule has 0 saturated heterocycles. The Labute approximate surface area is 109 Å². The zero-order valence-electron chi connectivity index (χ0n) is 10.2. The van der Waals surface area contributed by atoms with Crippen LogP contribution in [0.25, 0.3) is 11.3 Å². The van der Waals surface area contributed by atoms with Gasteiger partial charge in [-0.25, -0.2) is 4.98 Å². The number of thiazole rings is 1. The van der Waals surface area contributed by atoms with Crippen LogP contribution in [0.5, 0.6) is 0 Å². The number of carbonyl (C=O) groups is 1. The number of amides is 1. The van der Waals surface area contributed by atoms with Crippen LogP contribution >= 0.6 is 11.3 Å². The van der Waals surface area contributed by atoms with E-state index in [-0.39, 0.29) is 12.5 Å². The fraction of sp³-hybridized carbons (Fsp3) is 0.333. The van der Waals surface area contributed by atoms with Gasteiger partial charge in [0.2, 0.25) is 0 Å². The van der Waals surface area contributed by atoms with Crippen molar-refractivity contribution in [2.24, 2.45) is 0 Å². The maximum Gasteiger partial charge on any atom is 0.267 e. The summed E-state index contributed by atoms with van der Waals surface area (Å²) >= 11 is 1.57. The van der Waals surface area contributed by atoms with Gasteiger partial charge in [-0.2, -0.15) is 0 Å². The molecule has 2 aromatic heterocycles. The summed E-state index contributed by atoms with van der Waals surface area (Å²) < 4.78 is 0. The van der Waals surface area contributed by atoms with Crippen molar-refractivity contribution in [3.63, 3.8) is 0 Å². The van der Waals surface area contributed by atoms with E-state index in [4.69, 9.17) is 5.11 Å². The summed E-state index contributed by atoms with van der Waals surface area (Å²) in [6, 6.07) is 1.76. The van der Waals surface area contributed by atoms with Crippen LogP contribution < -0.4 is 5.32 Å². The van der Waals surface area contributed by atoms with Gasteiger partial charge in [0.1, 0.15) is 5.69 Å². The first-order chi connectivity index (χ1) is 8.56. The number of H-pyrrole nitrogens is 1. The highest BCUT2D eigenvalue weighted by Crippen LogP contribution is 2.22. The van der Waals surface area contributed by atoms with E-state index in [1.165, 1.54) is 0 Å². The normalized spacial score (nSPS) is 12.4. The van der Waals surface area contributed by atoms with Crippen LogP contribution in [0.3, 0.4) is 0 Å². The number of nitrogens with one attached hydrogen (secondary N) is 2. The van der Waals surface area contributed by atoms with Gasteiger partial charge >= 0.3 is 0 Å². The highest BCUT2D eigenvalue weighted by atomic mass is 32.1. The molecule has 0 aliphatic rings. The Bertz CT molecular complexity index is 545. The molecule has 6 heteroatoms. The van der Waals surface area contributed by atoms with Gasteiger partial charge < -0.3 is 15.4 Å². The maximum atomic E-state index is 11.7. The monoisotopic (exact) mass is 265 g/mol. The van der Waals surface area contributed by atoms with Gasteiger partial charge in [-0.3, -0.25) is 4.79 Å². The Kier molecular flexibility index (Phi) is 3.78. The molecule has 0 aliphatic carbocycles. The summed E-state index contributed by atoms with van der Waals surface area (Å²) in [5.41, 5.74) is 2.22. The summed E-state index contributed by atoms with van der Waals surface area (Å²) in [6.07, 6.45) is 1.20. The molecule has 2 heterocycles. The average molecular weight is 265 g/mol. The second kappa shape index (κ2) is 5.32. The van der Waals surface area contributed by atoms with Gasteiger partial charge in [-0.1, -0.05) is 0 Å². The third-order valence-corrected chi connectivity index (χ3v) is 3.17. The molecule has 96 valence electrons. The summed E-state index contributed by atoms with van der Waals surface area (Å²) in [7, 11) is 0. The van der Waals surface area contributed by atoms with Crippen molar-refractivity contribution < 1.29 is 9.90 Å². The molecule has 2 aromatic rings. The molecule has 0 aromatic carbocycles. The van der Waals surface area contributed by atoms with Crippen LogP contribution in [0.1, 0.15) is 22.4 Å². The topological polar surface area (TPSA) is 78.0 Å². The van der Waals surface area contributed by atoms with Gasteiger partial charge in [0, 0.05) is 23.7 Å². The minimum atomic E-state index is -0.551. The van der Waals surface area contributed by atoms with Crippen LogP contribution in [0, 0.1) is 6.92 Å². The molecule has 5 nitrogen and oxygen atoms in total. The molecular weight excluding hydrogens is 250 g/mol. The SMILES string of the molecule is Cc1nc(-c2c[nH]c(C(=O)NC[C@H](C)O)c2)cs1. The lowest BCUT2D eigenvalue weighted by Crippen LogP contribution is -2.30. The number of aryl methyl sites for hydroxylation is 1. The average Bonchev–Trinajstić information content (AvgIpc) is 2.93. The maximum absolute atomic E-state index is 11.7. The number of aliphatic hydroxyl groups excluding tert-OH is 1. The molecule has 3 N–H and O–H groups in total. The van der Waals surface area contributed by atoms with Crippen LogP contribution in [0.4, 0.5) is 0 Å². The third-order valence-electron chi connectivity index (χ3n) is 2.40. The Morgan fingerprint density at radius 1 is 1.67 bits per heavy atom. The van der Waals surface area contributed by atoms with E-state index in [2.05, 4.69) is 15.3 Å². The molecule has 2 rings (SSSR count). The van der Waals surface area contributed by atoms with Crippen LogP contribution in [-0.4, -0.2) is 33.6 Å². The lowest BCUT2D eigenvalue weighted by Gasteiger charge is -2.05. The summed E-state index contributed by atoms with van der Waals surface area (Å²) in [4.78, 5) is 19.0. The smallest absolute Gasteiger partial charge is 0.267 e. The Morgan fingerprint density at radius 2 is 2.44 bits per heavy atom. The molecule has 1 amide bonds. The fourth-order valence-electron chi connectivity index (χ4n) is 1.50. The van der Waals surface area contributed by atoms with Crippen molar-refractivity contribution in [3.8, 4) is 11.3 Å². The first-order valence-electron chi connectivity index (χ1n) is 5.63. The van der Waals surface area contributed by atoms with E-state index in [1.54, 1.807) is 30.5 Å². The zero-order chi connectivity index (χ0) is 13.1. The van der Waals surface area contributed by atoms with Gasteiger partial charge in [0.05, 0.1) is 16.8 Å². The number of aromatic amines is 1. The molecule has 0 unspecified atom stereocenters. The van der Waals surface area contributed by atoms with Crippen LogP contribution in [-0.2, 0) is 0 Å². The molecule has 0 aliphatic heterocycles. The van der Waals surface area contributed by atoms with Crippen molar-refractivity contribution in [2.75, 3.05) is 6.54 Å². The molecular formula is C12H15N3O2S. The number of nitrogens with zero attached hydrogens (tertiary/aromatic N) is 1. The van der Waals surface area contributed by atoms with Gasteiger partial charge in [-0.15, -0.1) is 11.3 Å². The molecule has 0 radical (unpaired) electrons. The Morgan fingerprint density at radius 3 is 3.06 bits per heavy atom. The predicted octanol–water partition coefficient (Wildman–Crippen LogP) is 1.56.